The summed E-state index contributed by atoms with van der Waals surface area (Å²) < 4.78 is 18.9. The third kappa shape index (κ3) is 3.69. The van der Waals surface area contributed by atoms with Crippen LogP contribution in [0.1, 0.15) is 31.4 Å². The number of ether oxygens (including phenoxy) is 1. The Labute approximate surface area is 119 Å². The number of nitrogens with zero attached hydrogens (tertiary/aromatic N) is 1. The van der Waals surface area contributed by atoms with Gasteiger partial charge in [-0.1, -0.05) is 0 Å². The summed E-state index contributed by atoms with van der Waals surface area (Å²) in [5, 5.41) is 8.77. The molecule has 0 spiro atoms. The van der Waals surface area contributed by atoms with Gasteiger partial charge in [0.15, 0.2) is 0 Å². The third-order valence-corrected chi connectivity index (χ3v) is 3.71. The zero-order valence-corrected chi connectivity index (χ0v) is 11.9. The molecule has 1 saturated heterocycles. The van der Waals surface area contributed by atoms with E-state index in [9.17, 15) is 4.39 Å². The highest BCUT2D eigenvalue weighted by Gasteiger charge is 2.22. The summed E-state index contributed by atoms with van der Waals surface area (Å²) in [4.78, 5) is 2.23. The van der Waals surface area contributed by atoms with Gasteiger partial charge in [-0.25, -0.2) is 4.39 Å². The van der Waals surface area contributed by atoms with Gasteiger partial charge in [0.25, 0.3) is 0 Å². The van der Waals surface area contributed by atoms with Crippen molar-refractivity contribution >= 4 is 5.69 Å². The minimum atomic E-state index is -0.248. The molecule has 1 aromatic carbocycles. The lowest BCUT2D eigenvalue weighted by Crippen LogP contribution is -2.38. The Bertz CT molecular complexity index is 432. The molecule has 112 valence electrons. The van der Waals surface area contributed by atoms with Gasteiger partial charge in [-0.3, -0.25) is 0 Å². The number of benzene rings is 1. The Morgan fingerprint density at radius 3 is 2.75 bits per heavy atom. The highest BCUT2D eigenvalue weighted by atomic mass is 19.1. The normalized spacial score (nSPS) is 18.3. The minimum Gasteiger partial charge on any atom is -0.394 e. The molecule has 1 aliphatic rings. The maximum atomic E-state index is 13.4. The summed E-state index contributed by atoms with van der Waals surface area (Å²) in [6.07, 6.45) is 2.03. The summed E-state index contributed by atoms with van der Waals surface area (Å²) in [5.74, 6) is -0.248. The van der Waals surface area contributed by atoms with E-state index in [0.29, 0.717) is 6.61 Å². The average Bonchev–Trinajstić information content (AvgIpc) is 2.45. The van der Waals surface area contributed by atoms with Crippen LogP contribution in [0.15, 0.2) is 18.2 Å². The van der Waals surface area contributed by atoms with E-state index in [1.54, 1.807) is 0 Å². The number of piperidine rings is 1. The summed E-state index contributed by atoms with van der Waals surface area (Å²) in [5.41, 5.74) is 7.80. The Morgan fingerprint density at radius 1 is 1.45 bits per heavy atom. The SMILES string of the molecule is C[C@@H](N)c1cc(F)ccc1N1CCC(OCCO)CC1. The number of aliphatic hydroxyl groups excluding tert-OH is 1. The van der Waals surface area contributed by atoms with Gasteiger partial charge in [0.1, 0.15) is 5.82 Å². The molecular formula is C15H23FN2O2. The molecule has 2 rings (SSSR count). The van der Waals surface area contributed by atoms with Gasteiger partial charge >= 0.3 is 0 Å². The van der Waals surface area contributed by atoms with Crippen LogP contribution in [0.5, 0.6) is 0 Å². The van der Waals surface area contributed by atoms with Crippen LogP contribution in [0, 0.1) is 5.82 Å². The van der Waals surface area contributed by atoms with Crippen LogP contribution in [0.4, 0.5) is 10.1 Å². The maximum Gasteiger partial charge on any atom is 0.123 e. The summed E-state index contributed by atoms with van der Waals surface area (Å²) in [6.45, 7) is 4.05. The average molecular weight is 282 g/mol. The molecule has 0 saturated carbocycles. The van der Waals surface area contributed by atoms with E-state index >= 15 is 0 Å². The Morgan fingerprint density at radius 2 is 2.15 bits per heavy atom. The number of anilines is 1. The van der Waals surface area contributed by atoms with Crippen molar-refractivity contribution < 1.29 is 14.2 Å². The number of nitrogens with two attached hydrogens (primary N) is 1. The van der Waals surface area contributed by atoms with Gasteiger partial charge in [-0.2, -0.15) is 0 Å². The first-order valence-electron chi connectivity index (χ1n) is 7.14. The van der Waals surface area contributed by atoms with Gasteiger partial charge in [0.2, 0.25) is 0 Å². The number of aliphatic hydroxyl groups is 1. The molecule has 0 amide bonds. The van der Waals surface area contributed by atoms with Crippen molar-refractivity contribution in [3.8, 4) is 0 Å². The van der Waals surface area contributed by atoms with Crippen LogP contribution in [-0.2, 0) is 4.74 Å². The van der Waals surface area contributed by atoms with Gasteiger partial charge < -0.3 is 20.5 Å². The molecule has 0 aromatic heterocycles. The van der Waals surface area contributed by atoms with E-state index in [2.05, 4.69) is 4.90 Å². The van der Waals surface area contributed by atoms with Crippen molar-refractivity contribution in [3.05, 3.63) is 29.6 Å². The predicted octanol–water partition coefficient (Wildman–Crippen LogP) is 1.82. The van der Waals surface area contributed by atoms with Crippen molar-refractivity contribution in [2.45, 2.75) is 31.9 Å². The van der Waals surface area contributed by atoms with Gasteiger partial charge in [-0.15, -0.1) is 0 Å². The number of halogens is 1. The van der Waals surface area contributed by atoms with Gasteiger partial charge in [-0.05, 0) is 43.5 Å². The zero-order chi connectivity index (χ0) is 14.5. The predicted molar refractivity (Wildman–Crippen MR) is 77.3 cm³/mol. The number of hydrogen-bond acceptors (Lipinski definition) is 4. The molecule has 1 fully saturated rings. The van der Waals surface area contributed by atoms with Crippen molar-refractivity contribution in [3.63, 3.8) is 0 Å². The number of rotatable bonds is 5. The molecule has 0 bridgehead atoms. The smallest absolute Gasteiger partial charge is 0.123 e. The first kappa shape index (κ1) is 15.2. The van der Waals surface area contributed by atoms with E-state index < -0.39 is 0 Å². The second-order valence-electron chi connectivity index (χ2n) is 5.27. The van der Waals surface area contributed by atoms with Crippen molar-refractivity contribution in [1.82, 2.24) is 0 Å². The minimum absolute atomic E-state index is 0.0625. The topological polar surface area (TPSA) is 58.7 Å². The van der Waals surface area contributed by atoms with Crippen LogP contribution in [-0.4, -0.2) is 37.5 Å². The van der Waals surface area contributed by atoms with Crippen molar-refractivity contribution in [2.24, 2.45) is 5.73 Å². The fourth-order valence-electron chi connectivity index (χ4n) is 2.66. The Balaban J connectivity index is 2.03. The number of hydrogen-bond donors (Lipinski definition) is 2. The highest BCUT2D eigenvalue weighted by molar-refractivity contribution is 5.55. The van der Waals surface area contributed by atoms with E-state index in [-0.39, 0.29) is 24.6 Å². The second-order valence-corrected chi connectivity index (χ2v) is 5.27. The highest BCUT2D eigenvalue weighted by Crippen LogP contribution is 2.29. The lowest BCUT2D eigenvalue weighted by atomic mass is 10.0. The first-order chi connectivity index (χ1) is 9.61. The van der Waals surface area contributed by atoms with Crippen LogP contribution in [0.2, 0.25) is 0 Å². The molecule has 0 aliphatic carbocycles. The fourth-order valence-corrected chi connectivity index (χ4v) is 2.66. The molecule has 0 unspecified atom stereocenters. The molecule has 1 aliphatic heterocycles. The molecule has 5 heteroatoms. The third-order valence-electron chi connectivity index (χ3n) is 3.71. The summed E-state index contributed by atoms with van der Waals surface area (Å²) in [6, 6.07) is 4.62. The molecule has 4 nitrogen and oxygen atoms in total. The summed E-state index contributed by atoms with van der Waals surface area (Å²) in [7, 11) is 0. The fraction of sp³-hybridized carbons (Fsp3) is 0.600. The van der Waals surface area contributed by atoms with Crippen molar-refractivity contribution in [2.75, 3.05) is 31.2 Å². The summed E-state index contributed by atoms with van der Waals surface area (Å²) >= 11 is 0. The molecular weight excluding hydrogens is 259 g/mol. The molecule has 1 heterocycles. The lowest BCUT2D eigenvalue weighted by Gasteiger charge is -2.35. The van der Waals surface area contributed by atoms with Crippen LogP contribution >= 0.6 is 0 Å². The van der Waals surface area contributed by atoms with E-state index in [1.807, 2.05) is 13.0 Å². The van der Waals surface area contributed by atoms with Gasteiger partial charge in [0.05, 0.1) is 19.3 Å². The van der Waals surface area contributed by atoms with E-state index in [1.165, 1.54) is 12.1 Å². The lowest BCUT2D eigenvalue weighted by molar-refractivity contribution is 0.0159. The molecule has 1 atom stereocenters. The monoisotopic (exact) mass is 282 g/mol. The van der Waals surface area contributed by atoms with Crippen LogP contribution in [0.3, 0.4) is 0 Å². The molecule has 1 aromatic rings. The zero-order valence-electron chi connectivity index (χ0n) is 11.9. The van der Waals surface area contributed by atoms with Crippen LogP contribution in [0.25, 0.3) is 0 Å². The van der Waals surface area contributed by atoms with Crippen molar-refractivity contribution in [1.29, 1.82) is 0 Å². The Hall–Kier alpha value is -1.17. The van der Waals surface area contributed by atoms with Crippen LogP contribution < -0.4 is 10.6 Å². The first-order valence-corrected chi connectivity index (χ1v) is 7.14. The van der Waals surface area contributed by atoms with Gasteiger partial charge in [0, 0.05) is 24.8 Å². The van der Waals surface area contributed by atoms with E-state index in [4.69, 9.17) is 15.6 Å². The Kier molecular flexibility index (Phi) is 5.34. The quantitative estimate of drug-likeness (QED) is 0.865. The standard InChI is InChI=1S/C15H23FN2O2/c1-11(17)14-10-12(16)2-3-15(14)18-6-4-13(5-7-18)20-9-8-19/h2-3,10-11,13,19H,4-9,17H2,1H3/t11-/m1/s1. The molecule has 3 N–H and O–H groups in total. The molecule has 0 radical (unpaired) electrons. The van der Waals surface area contributed by atoms with E-state index in [0.717, 1.165) is 37.2 Å². The largest absolute Gasteiger partial charge is 0.394 e. The maximum absolute atomic E-state index is 13.4. The second kappa shape index (κ2) is 7.02. The molecule has 20 heavy (non-hydrogen) atoms.